The number of carbonyl (C=O) groups excluding carboxylic acids is 2. The Balaban J connectivity index is 1.50. The Labute approximate surface area is 171 Å². The van der Waals surface area contributed by atoms with Crippen LogP contribution in [-0.4, -0.2) is 39.0 Å². The SMILES string of the molecule is C[NH+](C)[C@@H](CNC(=O)CNC(=O)Cc1cccc2ccccc12)c1ccccc1. The number of amides is 2. The van der Waals surface area contributed by atoms with Crippen molar-refractivity contribution in [2.24, 2.45) is 0 Å². The second-order valence-electron chi connectivity index (χ2n) is 7.44. The summed E-state index contributed by atoms with van der Waals surface area (Å²) >= 11 is 0. The number of quaternary nitrogens is 1. The molecule has 3 N–H and O–H groups in total. The van der Waals surface area contributed by atoms with Crippen LogP contribution >= 0.6 is 0 Å². The van der Waals surface area contributed by atoms with E-state index >= 15 is 0 Å². The van der Waals surface area contributed by atoms with Gasteiger partial charge in [-0.1, -0.05) is 72.8 Å². The van der Waals surface area contributed by atoms with E-state index in [1.165, 1.54) is 10.5 Å². The highest BCUT2D eigenvalue weighted by atomic mass is 16.2. The minimum absolute atomic E-state index is 0.0200. The molecule has 3 aromatic carbocycles. The summed E-state index contributed by atoms with van der Waals surface area (Å²) in [6.07, 6.45) is 0.253. The summed E-state index contributed by atoms with van der Waals surface area (Å²) in [6, 6.07) is 24.2. The zero-order valence-electron chi connectivity index (χ0n) is 16.9. The molecule has 0 aliphatic carbocycles. The minimum Gasteiger partial charge on any atom is -0.348 e. The number of carbonyl (C=O) groups is 2. The van der Waals surface area contributed by atoms with Crippen molar-refractivity contribution >= 4 is 22.6 Å². The van der Waals surface area contributed by atoms with Gasteiger partial charge in [-0.3, -0.25) is 9.59 Å². The van der Waals surface area contributed by atoms with Crippen LogP contribution in [0.2, 0.25) is 0 Å². The highest BCUT2D eigenvalue weighted by molar-refractivity contribution is 5.91. The lowest BCUT2D eigenvalue weighted by molar-refractivity contribution is -0.890. The van der Waals surface area contributed by atoms with Crippen LogP contribution in [0.1, 0.15) is 17.2 Å². The number of rotatable bonds is 8. The first-order valence-electron chi connectivity index (χ1n) is 9.89. The van der Waals surface area contributed by atoms with Crippen LogP contribution in [0.15, 0.2) is 72.8 Å². The van der Waals surface area contributed by atoms with E-state index in [2.05, 4.69) is 36.9 Å². The summed E-state index contributed by atoms with van der Waals surface area (Å²) in [5, 5.41) is 7.84. The predicted octanol–water partition coefficient (Wildman–Crippen LogP) is 1.50. The molecule has 0 bridgehead atoms. The van der Waals surface area contributed by atoms with Gasteiger partial charge in [-0.25, -0.2) is 0 Å². The van der Waals surface area contributed by atoms with Gasteiger partial charge < -0.3 is 15.5 Å². The lowest BCUT2D eigenvalue weighted by Gasteiger charge is -2.22. The topological polar surface area (TPSA) is 62.6 Å². The maximum absolute atomic E-state index is 12.3. The Morgan fingerprint density at radius 1 is 0.828 bits per heavy atom. The largest absolute Gasteiger partial charge is 0.348 e. The third kappa shape index (κ3) is 5.65. The van der Waals surface area contributed by atoms with Crippen LogP contribution < -0.4 is 15.5 Å². The molecule has 0 saturated heterocycles. The molecule has 5 nitrogen and oxygen atoms in total. The number of fused-ring (bicyclic) bond motifs is 1. The number of hydrogen-bond acceptors (Lipinski definition) is 2. The highest BCUT2D eigenvalue weighted by Crippen LogP contribution is 2.18. The van der Waals surface area contributed by atoms with E-state index in [1.54, 1.807) is 0 Å². The first-order chi connectivity index (χ1) is 14.0. The van der Waals surface area contributed by atoms with Crippen LogP contribution in [0.3, 0.4) is 0 Å². The van der Waals surface area contributed by atoms with Gasteiger partial charge in [-0.05, 0) is 16.3 Å². The number of benzene rings is 3. The van der Waals surface area contributed by atoms with Gasteiger partial charge in [-0.15, -0.1) is 0 Å². The van der Waals surface area contributed by atoms with Crippen molar-refractivity contribution in [2.75, 3.05) is 27.2 Å². The van der Waals surface area contributed by atoms with Crippen LogP contribution in [0, 0.1) is 0 Å². The highest BCUT2D eigenvalue weighted by Gasteiger charge is 2.18. The summed E-state index contributed by atoms with van der Waals surface area (Å²) in [6.45, 7) is 0.498. The third-order valence-electron chi connectivity index (χ3n) is 5.08. The Morgan fingerprint density at radius 2 is 1.52 bits per heavy atom. The molecule has 29 heavy (non-hydrogen) atoms. The van der Waals surface area contributed by atoms with Crippen molar-refractivity contribution in [3.63, 3.8) is 0 Å². The monoisotopic (exact) mass is 390 g/mol. The summed E-state index contributed by atoms with van der Waals surface area (Å²) < 4.78 is 0. The van der Waals surface area contributed by atoms with E-state index in [0.717, 1.165) is 16.3 Å². The van der Waals surface area contributed by atoms with Crippen LogP contribution in [0.25, 0.3) is 10.8 Å². The predicted molar refractivity (Wildman–Crippen MR) is 116 cm³/mol. The van der Waals surface area contributed by atoms with Gasteiger partial charge in [0.05, 0.1) is 33.6 Å². The molecule has 3 rings (SSSR count). The van der Waals surface area contributed by atoms with E-state index in [9.17, 15) is 9.59 Å². The summed E-state index contributed by atoms with van der Waals surface area (Å²) in [5.41, 5.74) is 2.13. The lowest BCUT2D eigenvalue weighted by Crippen LogP contribution is -3.07. The molecule has 0 radical (unpaired) electrons. The quantitative estimate of drug-likeness (QED) is 0.546. The molecule has 150 valence electrons. The summed E-state index contributed by atoms with van der Waals surface area (Å²) in [7, 11) is 4.13. The van der Waals surface area contributed by atoms with Crippen LogP contribution in [0.4, 0.5) is 0 Å². The zero-order chi connectivity index (χ0) is 20.6. The second-order valence-corrected chi connectivity index (χ2v) is 7.44. The average Bonchev–Trinajstić information content (AvgIpc) is 2.73. The van der Waals surface area contributed by atoms with Gasteiger partial charge >= 0.3 is 0 Å². The van der Waals surface area contributed by atoms with Gasteiger partial charge in [0.15, 0.2) is 0 Å². The zero-order valence-corrected chi connectivity index (χ0v) is 16.9. The van der Waals surface area contributed by atoms with Gasteiger partial charge in [0.2, 0.25) is 11.8 Å². The molecule has 0 fully saturated rings. The Hall–Kier alpha value is -3.18. The molecule has 2 amide bonds. The molecule has 0 aromatic heterocycles. The fraction of sp³-hybridized carbons (Fsp3) is 0.250. The molecule has 1 atom stereocenters. The van der Waals surface area contributed by atoms with E-state index in [0.29, 0.717) is 6.54 Å². The average molecular weight is 391 g/mol. The Morgan fingerprint density at radius 3 is 2.28 bits per heavy atom. The fourth-order valence-electron chi connectivity index (χ4n) is 3.48. The van der Waals surface area contributed by atoms with Crippen LogP contribution in [-0.2, 0) is 16.0 Å². The van der Waals surface area contributed by atoms with Crippen LogP contribution in [0.5, 0.6) is 0 Å². The molecular weight excluding hydrogens is 362 g/mol. The maximum Gasteiger partial charge on any atom is 0.239 e. The van der Waals surface area contributed by atoms with Crippen molar-refractivity contribution in [3.05, 3.63) is 83.9 Å². The van der Waals surface area contributed by atoms with Gasteiger partial charge in [0.25, 0.3) is 0 Å². The lowest BCUT2D eigenvalue weighted by atomic mass is 10.0. The smallest absolute Gasteiger partial charge is 0.239 e. The fourth-order valence-corrected chi connectivity index (χ4v) is 3.48. The van der Waals surface area contributed by atoms with Crippen molar-refractivity contribution in [2.45, 2.75) is 12.5 Å². The van der Waals surface area contributed by atoms with Gasteiger partial charge in [0.1, 0.15) is 6.04 Å². The molecular formula is C24H28N3O2+. The molecule has 0 aliphatic heterocycles. The minimum atomic E-state index is -0.182. The molecule has 0 heterocycles. The second kappa shape index (κ2) is 9.85. The molecule has 0 unspecified atom stereocenters. The first kappa shape index (κ1) is 20.6. The Kier molecular flexibility index (Phi) is 6.98. The van der Waals surface area contributed by atoms with Gasteiger partial charge in [-0.2, -0.15) is 0 Å². The maximum atomic E-state index is 12.3. The normalized spacial score (nSPS) is 12.0. The van der Waals surface area contributed by atoms with E-state index in [1.807, 2.05) is 60.7 Å². The van der Waals surface area contributed by atoms with Crippen molar-refractivity contribution < 1.29 is 14.5 Å². The number of hydrogen-bond donors (Lipinski definition) is 3. The summed E-state index contributed by atoms with van der Waals surface area (Å²) in [4.78, 5) is 25.8. The van der Waals surface area contributed by atoms with Crippen molar-refractivity contribution in [1.29, 1.82) is 0 Å². The number of likely N-dealkylation sites (N-methyl/N-ethyl adjacent to an activating group) is 1. The summed E-state index contributed by atoms with van der Waals surface area (Å²) in [5.74, 6) is -0.340. The standard InChI is InChI=1S/C24H27N3O2/c1-27(2)22(19-10-4-3-5-11-19)16-25-24(29)17-26-23(28)15-20-13-8-12-18-9-6-7-14-21(18)20/h3-14,22H,15-17H2,1-2H3,(H,25,29)(H,26,28)/p+1/t22-/m0/s1. The molecule has 5 heteroatoms. The molecule has 0 saturated carbocycles. The molecule has 0 aliphatic rings. The van der Waals surface area contributed by atoms with Crippen molar-refractivity contribution in [3.8, 4) is 0 Å². The number of nitrogens with one attached hydrogen (secondary N) is 3. The molecule has 0 spiro atoms. The Bertz CT molecular complexity index is 965. The van der Waals surface area contributed by atoms with Crippen molar-refractivity contribution in [1.82, 2.24) is 10.6 Å². The van der Waals surface area contributed by atoms with Gasteiger partial charge in [0, 0.05) is 5.56 Å². The van der Waals surface area contributed by atoms with E-state index in [-0.39, 0.29) is 30.8 Å². The van der Waals surface area contributed by atoms with E-state index < -0.39 is 0 Å². The molecule has 3 aromatic rings. The third-order valence-corrected chi connectivity index (χ3v) is 5.08. The van der Waals surface area contributed by atoms with E-state index in [4.69, 9.17) is 0 Å². The first-order valence-corrected chi connectivity index (χ1v) is 9.89.